The number of rotatable bonds is 7. The van der Waals surface area contributed by atoms with E-state index in [0.29, 0.717) is 24.8 Å². The van der Waals surface area contributed by atoms with Crippen LogP contribution in [0, 0.1) is 11.8 Å². The van der Waals surface area contributed by atoms with Crippen LogP contribution in [0.4, 0.5) is 0 Å². The molecule has 0 spiro atoms. The third-order valence-electron chi connectivity index (χ3n) is 5.32. The van der Waals surface area contributed by atoms with E-state index in [9.17, 15) is 9.59 Å². The highest BCUT2D eigenvalue weighted by molar-refractivity contribution is 5.91. The van der Waals surface area contributed by atoms with Gasteiger partial charge in [0.05, 0.1) is 18.1 Å². The van der Waals surface area contributed by atoms with Crippen molar-refractivity contribution >= 4 is 11.9 Å². The van der Waals surface area contributed by atoms with E-state index in [1.807, 2.05) is 24.3 Å². The van der Waals surface area contributed by atoms with Gasteiger partial charge >= 0.3 is 11.9 Å². The molecule has 1 N–H and O–H groups in total. The minimum absolute atomic E-state index is 0.306. The zero-order valence-corrected chi connectivity index (χ0v) is 17.6. The van der Waals surface area contributed by atoms with Gasteiger partial charge in [0.15, 0.2) is 0 Å². The Morgan fingerprint density at radius 3 is 2.37 bits per heavy atom. The molecule has 0 heterocycles. The Kier molecular flexibility index (Phi) is 6.91. The number of benzene rings is 2. The van der Waals surface area contributed by atoms with Crippen LogP contribution >= 0.6 is 0 Å². The predicted octanol–water partition coefficient (Wildman–Crippen LogP) is 4.05. The first kappa shape index (κ1) is 21.6. The van der Waals surface area contributed by atoms with Crippen LogP contribution in [0.3, 0.4) is 0 Å². The number of carbonyl (C=O) groups excluding carboxylic acids is 1. The van der Waals surface area contributed by atoms with Gasteiger partial charge in [0.2, 0.25) is 0 Å². The predicted molar refractivity (Wildman–Crippen MR) is 115 cm³/mol. The van der Waals surface area contributed by atoms with Crippen LogP contribution in [0.5, 0.6) is 0 Å². The fourth-order valence-electron chi connectivity index (χ4n) is 3.27. The molecule has 0 aliphatic heterocycles. The second-order valence-electron chi connectivity index (χ2n) is 7.67. The minimum atomic E-state index is -0.848. The summed E-state index contributed by atoms with van der Waals surface area (Å²) in [7, 11) is 2.07. The quantitative estimate of drug-likeness (QED) is 0.556. The average molecular weight is 405 g/mol. The van der Waals surface area contributed by atoms with Crippen molar-refractivity contribution in [1.29, 1.82) is 0 Å². The monoisotopic (exact) mass is 405 g/mol. The fraction of sp³-hybridized carbons (Fsp3) is 0.360. The zero-order valence-electron chi connectivity index (χ0n) is 17.6. The Morgan fingerprint density at radius 1 is 1.13 bits per heavy atom. The number of carbonyl (C=O) groups is 2. The topological polar surface area (TPSA) is 66.8 Å². The van der Waals surface area contributed by atoms with Gasteiger partial charge in [-0.3, -0.25) is 9.69 Å². The van der Waals surface area contributed by atoms with E-state index in [0.717, 1.165) is 22.3 Å². The maximum atomic E-state index is 12.3. The van der Waals surface area contributed by atoms with E-state index in [-0.39, 0.29) is 5.97 Å². The summed E-state index contributed by atoms with van der Waals surface area (Å²) in [6.45, 7) is 4.48. The van der Waals surface area contributed by atoms with E-state index >= 15 is 0 Å². The van der Waals surface area contributed by atoms with Gasteiger partial charge in [-0.1, -0.05) is 24.0 Å². The number of carboxylic acid groups (broad SMARTS) is 1. The van der Waals surface area contributed by atoms with Crippen molar-refractivity contribution in [2.45, 2.75) is 45.2 Å². The molecule has 2 aromatic carbocycles. The summed E-state index contributed by atoms with van der Waals surface area (Å²) in [6.07, 6.45) is 2.39. The number of aliphatic carboxylic acids is 1. The smallest absolute Gasteiger partial charge is 0.338 e. The van der Waals surface area contributed by atoms with Crippen LogP contribution < -0.4 is 0 Å². The van der Waals surface area contributed by atoms with E-state index in [1.54, 1.807) is 32.0 Å². The Labute approximate surface area is 177 Å². The van der Waals surface area contributed by atoms with Gasteiger partial charge in [-0.2, -0.15) is 0 Å². The summed E-state index contributed by atoms with van der Waals surface area (Å²) >= 11 is 0. The van der Waals surface area contributed by atoms with Crippen LogP contribution in [-0.2, 0) is 16.1 Å². The minimum Gasteiger partial charge on any atom is -0.481 e. The molecule has 1 aliphatic rings. The van der Waals surface area contributed by atoms with Crippen molar-refractivity contribution < 1.29 is 19.4 Å². The standard InChI is InChI=1S/C25H27NO4/c1-4-30-25(29)23-14-9-19(15-21(23)16-26(3)22-12-13-22)6-5-18-7-10-20(11-8-18)17(2)24(27)28/h7-11,14-15,17,22H,4,12-13,16H2,1-3H3,(H,27,28). The highest BCUT2D eigenvalue weighted by Crippen LogP contribution is 2.27. The third-order valence-corrected chi connectivity index (χ3v) is 5.32. The second-order valence-corrected chi connectivity index (χ2v) is 7.67. The largest absolute Gasteiger partial charge is 0.481 e. The Hall–Kier alpha value is -3.10. The Balaban J connectivity index is 1.82. The summed E-state index contributed by atoms with van der Waals surface area (Å²) in [5.41, 5.74) is 3.88. The molecule has 1 atom stereocenters. The molecule has 2 aromatic rings. The first-order valence-electron chi connectivity index (χ1n) is 10.2. The molecule has 30 heavy (non-hydrogen) atoms. The van der Waals surface area contributed by atoms with E-state index in [4.69, 9.17) is 9.84 Å². The maximum Gasteiger partial charge on any atom is 0.338 e. The van der Waals surface area contributed by atoms with Gasteiger partial charge in [0.1, 0.15) is 0 Å². The van der Waals surface area contributed by atoms with Crippen molar-refractivity contribution in [2.75, 3.05) is 13.7 Å². The summed E-state index contributed by atoms with van der Waals surface area (Å²) in [5, 5.41) is 9.11. The molecule has 3 rings (SSSR count). The SMILES string of the molecule is CCOC(=O)c1ccc(C#Cc2ccc(C(C)C(=O)O)cc2)cc1CN(C)C1CC1. The molecule has 0 saturated heterocycles. The lowest BCUT2D eigenvalue weighted by atomic mass is 10.00. The molecule has 0 radical (unpaired) electrons. The number of carboxylic acids is 1. The second kappa shape index (κ2) is 9.60. The first-order chi connectivity index (χ1) is 14.4. The Morgan fingerprint density at radius 2 is 1.77 bits per heavy atom. The van der Waals surface area contributed by atoms with Crippen molar-refractivity contribution in [3.05, 3.63) is 70.3 Å². The molecule has 1 fully saturated rings. The van der Waals surface area contributed by atoms with Gasteiger partial charge in [-0.05, 0) is 75.2 Å². The molecule has 5 heteroatoms. The average Bonchev–Trinajstić information content (AvgIpc) is 3.58. The van der Waals surface area contributed by atoms with Crippen LogP contribution in [0.1, 0.15) is 65.2 Å². The summed E-state index contributed by atoms with van der Waals surface area (Å²) in [4.78, 5) is 25.7. The van der Waals surface area contributed by atoms with E-state index in [2.05, 4.69) is 23.8 Å². The van der Waals surface area contributed by atoms with Crippen molar-refractivity contribution in [2.24, 2.45) is 0 Å². The van der Waals surface area contributed by atoms with Crippen LogP contribution in [0.15, 0.2) is 42.5 Å². The van der Waals surface area contributed by atoms with Crippen molar-refractivity contribution in [3.63, 3.8) is 0 Å². The van der Waals surface area contributed by atoms with Gasteiger partial charge in [0, 0.05) is 23.7 Å². The van der Waals surface area contributed by atoms with Gasteiger partial charge in [-0.15, -0.1) is 0 Å². The normalized spacial score (nSPS) is 14.0. The van der Waals surface area contributed by atoms with Gasteiger partial charge < -0.3 is 9.84 Å². The summed E-state index contributed by atoms with van der Waals surface area (Å²) in [6, 6.07) is 13.4. The fourth-order valence-corrected chi connectivity index (χ4v) is 3.27. The van der Waals surface area contributed by atoms with Crippen LogP contribution in [-0.4, -0.2) is 41.6 Å². The zero-order chi connectivity index (χ0) is 21.7. The molecule has 0 amide bonds. The number of hydrogen-bond donors (Lipinski definition) is 1. The highest BCUT2D eigenvalue weighted by atomic mass is 16.5. The lowest BCUT2D eigenvalue weighted by Gasteiger charge is -2.18. The molecule has 1 saturated carbocycles. The molecule has 1 unspecified atom stereocenters. The molecule has 5 nitrogen and oxygen atoms in total. The van der Waals surface area contributed by atoms with Gasteiger partial charge in [0.25, 0.3) is 0 Å². The number of ether oxygens (including phenoxy) is 1. The van der Waals surface area contributed by atoms with E-state index in [1.165, 1.54) is 12.8 Å². The molecule has 0 bridgehead atoms. The molecule has 0 aromatic heterocycles. The first-order valence-corrected chi connectivity index (χ1v) is 10.2. The maximum absolute atomic E-state index is 12.3. The van der Waals surface area contributed by atoms with Crippen LogP contribution in [0.2, 0.25) is 0 Å². The Bertz CT molecular complexity index is 980. The molecular formula is C25H27NO4. The lowest BCUT2D eigenvalue weighted by molar-refractivity contribution is -0.138. The number of nitrogens with zero attached hydrogens (tertiary/aromatic N) is 1. The van der Waals surface area contributed by atoms with Crippen LogP contribution in [0.25, 0.3) is 0 Å². The van der Waals surface area contributed by atoms with Crippen molar-refractivity contribution in [3.8, 4) is 11.8 Å². The third kappa shape index (κ3) is 5.49. The number of hydrogen-bond acceptors (Lipinski definition) is 4. The highest BCUT2D eigenvalue weighted by Gasteiger charge is 2.27. The summed E-state index contributed by atoms with van der Waals surface area (Å²) < 4.78 is 5.21. The van der Waals surface area contributed by atoms with Gasteiger partial charge in [-0.25, -0.2) is 4.79 Å². The summed E-state index contributed by atoms with van der Waals surface area (Å²) in [5.74, 6) is 4.57. The number of esters is 1. The molecule has 1 aliphatic carbocycles. The molecular weight excluding hydrogens is 378 g/mol. The molecule has 156 valence electrons. The lowest BCUT2D eigenvalue weighted by Crippen LogP contribution is -2.22. The van der Waals surface area contributed by atoms with Crippen molar-refractivity contribution in [1.82, 2.24) is 4.90 Å². The van der Waals surface area contributed by atoms with E-state index < -0.39 is 11.9 Å².